The van der Waals surface area contributed by atoms with E-state index >= 15 is 0 Å². The summed E-state index contributed by atoms with van der Waals surface area (Å²) < 4.78 is 12.8. The summed E-state index contributed by atoms with van der Waals surface area (Å²) in [6.07, 6.45) is 1.93. The molecule has 0 spiro atoms. The average Bonchev–Trinajstić information content (AvgIpc) is 2.43. The topological polar surface area (TPSA) is 68.1 Å². The highest BCUT2D eigenvalue weighted by atomic mass is 35.5. The van der Waals surface area contributed by atoms with Gasteiger partial charge in [-0.05, 0) is 31.0 Å². The number of nitrogens with one attached hydrogen (secondary N) is 1. The van der Waals surface area contributed by atoms with E-state index < -0.39 is 4.92 Å². The second-order valence-electron chi connectivity index (χ2n) is 4.65. The van der Waals surface area contributed by atoms with Gasteiger partial charge in [0.25, 0.3) is 0 Å². The van der Waals surface area contributed by atoms with Crippen molar-refractivity contribution in [2.75, 3.05) is 5.32 Å². The van der Waals surface area contributed by atoms with E-state index in [4.69, 9.17) is 11.6 Å². The molecule has 1 atom stereocenters. The van der Waals surface area contributed by atoms with Crippen molar-refractivity contribution in [2.45, 2.75) is 19.4 Å². The Balaban J connectivity index is 2.10. The quantitative estimate of drug-likeness (QED) is 0.673. The molecule has 7 heteroatoms. The van der Waals surface area contributed by atoms with Crippen molar-refractivity contribution in [2.24, 2.45) is 0 Å². The van der Waals surface area contributed by atoms with Crippen LogP contribution in [0.1, 0.15) is 12.5 Å². The van der Waals surface area contributed by atoms with Crippen LogP contribution in [-0.4, -0.2) is 15.9 Å². The van der Waals surface area contributed by atoms with Crippen molar-refractivity contribution in [1.82, 2.24) is 4.98 Å². The predicted octanol–water partition coefficient (Wildman–Crippen LogP) is 3.83. The number of halogens is 2. The number of benzene rings is 1. The molecule has 21 heavy (non-hydrogen) atoms. The van der Waals surface area contributed by atoms with E-state index in [1.54, 1.807) is 12.1 Å². The lowest BCUT2D eigenvalue weighted by Gasteiger charge is -2.14. The van der Waals surface area contributed by atoms with Crippen LogP contribution in [0, 0.1) is 15.9 Å². The van der Waals surface area contributed by atoms with Crippen LogP contribution in [0.3, 0.4) is 0 Å². The summed E-state index contributed by atoms with van der Waals surface area (Å²) >= 11 is 5.71. The summed E-state index contributed by atoms with van der Waals surface area (Å²) in [6, 6.07) is 7.26. The molecule has 1 unspecified atom stereocenters. The predicted molar refractivity (Wildman–Crippen MR) is 79.1 cm³/mol. The minimum atomic E-state index is -0.536. The average molecular weight is 310 g/mol. The minimum absolute atomic E-state index is 0.108. The second-order valence-corrected chi connectivity index (χ2v) is 5.09. The van der Waals surface area contributed by atoms with Gasteiger partial charge in [-0.25, -0.2) is 9.37 Å². The monoisotopic (exact) mass is 309 g/mol. The van der Waals surface area contributed by atoms with E-state index in [1.165, 1.54) is 24.4 Å². The first-order chi connectivity index (χ1) is 9.95. The number of rotatable bonds is 5. The van der Waals surface area contributed by atoms with Gasteiger partial charge in [-0.1, -0.05) is 23.7 Å². The zero-order chi connectivity index (χ0) is 15.4. The summed E-state index contributed by atoms with van der Waals surface area (Å²) in [6.45, 7) is 1.86. The number of nitrogens with zero attached hydrogens (tertiary/aromatic N) is 2. The molecule has 0 aliphatic heterocycles. The van der Waals surface area contributed by atoms with Crippen molar-refractivity contribution in [3.8, 4) is 0 Å². The van der Waals surface area contributed by atoms with Crippen LogP contribution < -0.4 is 5.32 Å². The van der Waals surface area contributed by atoms with Crippen LogP contribution in [0.5, 0.6) is 0 Å². The Morgan fingerprint density at radius 3 is 2.71 bits per heavy atom. The molecule has 5 nitrogen and oxygen atoms in total. The highest BCUT2D eigenvalue weighted by Crippen LogP contribution is 2.25. The molecule has 0 aliphatic carbocycles. The first-order valence-electron chi connectivity index (χ1n) is 6.26. The maximum atomic E-state index is 12.8. The molecule has 1 heterocycles. The van der Waals surface area contributed by atoms with Gasteiger partial charge < -0.3 is 5.32 Å². The van der Waals surface area contributed by atoms with E-state index in [0.29, 0.717) is 6.42 Å². The fourth-order valence-corrected chi connectivity index (χ4v) is 2.09. The third kappa shape index (κ3) is 4.13. The number of hydrogen-bond acceptors (Lipinski definition) is 4. The summed E-state index contributed by atoms with van der Waals surface area (Å²) in [7, 11) is 0. The van der Waals surface area contributed by atoms with Gasteiger partial charge in [-0.2, -0.15) is 0 Å². The molecule has 110 valence electrons. The van der Waals surface area contributed by atoms with Gasteiger partial charge in [-0.15, -0.1) is 0 Å². The van der Waals surface area contributed by atoms with Crippen LogP contribution in [0.15, 0.2) is 36.5 Å². The number of hydrogen-bond donors (Lipinski definition) is 1. The summed E-state index contributed by atoms with van der Waals surface area (Å²) in [4.78, 5) is 14.4. The minimum Gasteiger partial charge on any atom is -0.362 e. The van der Waals surface area contributed by atoms with Gasteiger partial charge in [0.2, 0.25) is 5.82 Å². The van der Waals surface area contributed by atoms with Gasteiger partial charge in [0.1, 0.15) is 5.82 Å². The molecule has 1 N–H and O–H groups in total. The Morgan fingerprint density at radius 2 is 2.10 bits per heavy atom. The lowest BCUT2D eigenvalue weighted by Crippen LogP contribution is -2.19. The first-order valence-corrected chi connectivity index (χ1v) is 6.64. The van der Waals surface area contributed by atoms with Crippen molar-refractivity contribution < 1.29 is 9.31 Å². The van der Waals surface area contributed by atoms with E-state index in [-0.39, 0.29) is 28.4 Å². The van der Waals surface area contributed by atoms with Crippen LogP contribution in [-0.2, 0) is 6.42 Å². The fraction of sp³-hybridized carbons (Fsp3) is 0.214. The van der Waals surface area contributed by atoms with Crippen molar-refractivity contribution in [3.63, 3.8) is 0 Å². The molecule has 2 rings (SSSR count). The molecule has 0 amide bonds. The Bertz CT molecular complexity index is 649. The van der Waals surface area contributed by atoms with Gasteiger partial charge in [0, 0.05) is 18.3 Å². The van der Waals surface area contributed by atoms with Crippen molar-refractivity contribution >= 4 is 23.1 Å². The smallest absolute Gasteiger partial charge is 0.312 e. The summed E-state index contributed by atoms with van der Waals surface area (Å²) in [5, 5.41) is 14.2. The Labute approximate surface area is 125 Å². The van der Waals surface area contributed by atoms with Gasteiger partial charge in [0.15, 0.2) is 0 Å². The highest BCUT2D eigenvalue weighted by Gasteiger charge is 2.17. The van der Waals surface area contributed by atoms with Gasteiger partial charge in [0.05, 0.1) is 9.95 Å². The molecule has 0 saturated carbocycles. The highest BCUT2D eigenvalue weighted by molar-refractivity contribution is 6.30. The number of nitro groups is 1. The van der Waals surface area contributed by atoms with Crippen molar-refractivity contribution in [3.05, 3.63) is 63.0 Å². The zero-order valence-corrected chi connectivity index (χ0v) is 12.0. The Morgan fingerprint density at radius 1 is 1.43 bits per heavy atom. The number of pyridine rings is 1. The summed E-state index contributed by atoms with van der Waals surface area (Å²) in [5.74, 6) is -0.131. The molecule has 0 aliphatic rings. The second kappa shape index (κ2) is 6.49. The molecule has 1 aromatic carbocycles. The SMILES string of the molecule is CC(Cc1ccc(F)cc1)Nc1ncc(Cl)cc1[N+](=O)[O-]. The maximum Gasteiger partial charge on any atom is 0.312 e. The van der Waals surface area contributed by atoms with Crippen LogP contribution >= 0.6 is 11.6 Å². The van der Waals surface area contributed by atoms with E-state index in [0.717, 1.165) is 5.56 Å². The molecule has 0 radical (unpaired) electrons. The molecular weight excluding hydrogens is 297 g/mol. The van der Waals surface area contributed by atoms with E-state index in [1.807, 2.05) is 6.92 Å². The normalized spacial score (nSPS) is 12.0. The van der Waals surface area contributed by atoms with Crippen LogP contribution in [0.25, 0.3) is 0 Å². The van der Waals surface area contributed by atoms with Gasteiger partial charge in [-0.3, -0.25) is 10.1 Å². The zero-order valence-electron chi connectivity index (χ0n) is 11.2. The van der Waals surface area contributed by atoms with E-state index in [9.17, 15) is 14.5 Å². The Hall–Kier alpha value is -2.21. The first kappa shape index (κ1) is 15.2. The maximum absolute atomic E-state index is 12.8. The summed E-state index contributed by atoms with van der Waals surface area (Å²) in [5.41, 5.74) is 0.751. The lowest BCUT2D eigenvalue weighted by atomic mass is 10.1. The molecule has 2 aromatic rings. The number of anilines is 1. The van der Waals surface area contributed by atoms with Crippen LogP contribution in [0.2, 0.25) is 5.02 Å². The standard InChI is InChI=1S/C14H13ClFN3O2/c1-9(6-10-2-4-12(16)5-3-10)18-14-13(19(20)21)7-11(15)8-17-14/h2-5,7-9H,6H2,1H3,(H,17,18). The Kier molecular flexibility index (Phi) is 4.70. The molecule has 0 bridgehead atoms. The fourth-order valence-electron chi connectivity index (χ4n) is 1.94. The third-order valence-electron chi connectivity index (χ3n) is 2.87. The third-order valence-corrected chi connectivity index (χ3v) is 3.08. The largest absolute Gasteiger partial charge is 0.362 e. The lowest BCUT2D eigenvalue weighted by molar-refractivity contribution is -0.384. The van der Waals surface area contributed by atoms with Crippen LogP contribution in [0.4, 0.5) is 15.9 Å². The molecule has 0 saturated heterocycles. The van der Waals surface area contributed by atoms with Crippen molar-refractivity contribution in [1.29, 1.82) is 0 Å². The van der Waals surface area contributed by atoms with E-state index in [2.05, 4.69) is 10.3 Å². The molecule has 0 fully saturated rings. The molecule has 1 aromatic heterocycles. The number of aromatic nitrogens is 1. The van der Waals surface area contributed by atoms with Gasteiger partial charge >= 0.3 is 5.69 Å². The molecular formula is C14H13ClFN3O2.